The van der Waals surface area contributed by atoms with Gasteiger partial charge in [0.25, 0.3) is 0 Å². The van der Waals surface area contributed by atoms with E-state index in [-0.39, 0.29) is 23.8 Å². The fourth-order valence-electron chi connectivity index (χ4n) is 2.03. The molecule has 0 radical (unpaired) electrons. The second kappa shape index (κ2) is 6.45. The highest BCUT2D eigenvalue weighted by molar-refractivity contribution is 7.18. The van der Waals surface area contributed by atoms with Gasteiger partial charge in [-0.05, 0) is 17.7 Å². The van der Waals surface area contributed by atoms with Crippen molar-refractivity contribution < 1.29 is 15.0 Å². The lowest BCUT2D eigenvalue weighted by molar-refractivity contribution is -0.115. The van der Waals surface area contributed by atoms with Gasteiger partial charge < -0.3 is 15.5 Å². The van der Waals surface area contributed by atoms with Crippen LogP contribution in [0, 0.1) is 0 Å². The molecule has 116 valence electrons. The molecule has 0 saturated carbocycles. The summed E-state index contributed by atoms with van der Waals surface area (Å²) >= 11 is 1.12. The van der Waals surface area contributed by atoms with Crippen LogP contribution in [0.5, 0.6) is 11.5 Å². The highest BCUT2D eigenvalue weighted by atomic mass is 32.1. The first kappa shape index (κ1) is 15.0. The minimum Gasteiger partial charge on any atom is -0.504 e. The predicted molar refractivity (Wildman–Crippen MR) is 87.5 cm³/mol. The number of carbonyl (C=O) groups excluding carboxylic acids is 1. The summed E-state index contributed by atoms with van der Waals surface area (Å²) in [6, 6.07) is 14.0. The van der Waals surface area contributed by atoms with E-state index in [0.29, 0.717) is 15.7 Å². The van der Waals surface area contributed by atoms with Crippen molar-refractivity contribution in [3.8, 4) is 22.1 Å². The van der Waals surface area contributed by atoms with E-state index in [4.69, 9.17) is 0 Å². The Morgan fingerprint density at radius 1 is 1.04 bits per heavy atom. The number of nitrogens with zero attached hydrogens (tertiary/aromatic N) is 2. The lowest BCUT2D eigenvalue weighted by atomic mass is 10.1. The number of hydrogen-bond acceptors (Lipinski definition) is 6. The summed E-state index contributed by atoms with van der Waals surface area (Å²) in [5.41, 5.74) is 1.27. The lowest BCUT2D eigenvalue weighted by Crippen LogP contribution is -2.14. The number of benzene rings is 2. The van der Waals surface area contributed by atoms with Crippen LogP contribution in [-0.2, 0) is 11.2 Å². The van der Waals surface area contributed by atoms with Gasteiger partial charge >= 0.3 is 0 Å². The van der Waals surface area contributed by atoms with E-state index in [9.17, 15) is 15.0 Å². The summed E-state index contributed by atoms with van der Waals surface area (Å²) in [5, 5.41) is 30.6. The molecular formula is C16H13N3O3S. The average Bonchev–Trinajstić information content (AvgIpc) is 2.99. The van der Waals surface area contributed by atoms with Gasteiger partial charge in [-0.3, -0.25) is 4.79 Å². The van der Waals surface area contributed by atoms with Crippen LogP contribution in [0.15, 0.2) is 48.5 Å². The molecule has 0 aliphatic carbocycles. The van der Waals surface area contributed by atoms with E-state index < -0.39 is 0 Å². The van der Waals surface area contributed by atoms with Gasteiger partial charge in [0.15, 0.2) is 16.5 Å². The quantitative estimate of drug-likeness (QED) is 0.640. The Morgan fingerprint density at radius 2 is 1.83 bits per heavy atom. The second-order valence-electron chi connectivity index (χ2n) is 4.80. The molecule has 0 unspecified atom stereocenters. The molecule has 0 spiro atoms. The molecule has 23 heavy (non-hydrogen) atoms. The number of amides is 1. The van der Waals surface area contributed by atoms with Gasteiger partial charge in [-0.1, -0.05) is 47.7 Å². The van der Waals surface area contributed by atoms with Gasteiger partial charge in [0, 0.05) is 0 Å². The largest absolute Gasteiger partial charge is 0.504 e. The molecule has 7 heteroatoms. The number of phenolic OH excluding ortho intramolecular Hbond substituents is 2. The van der Waals surface area contributed by atoms with Crippen molar-refractivity contribution in [3.05, 3.63) is 54.1 Å². The van der Waals surface area contributed by atoms with Crippen LogP contribution in [0.2, 0.25) is 0 Å². The van der Waals surface area contributed by atoms with Crippen molar-refractivity contribution in [2.24, 2.45) is 0 Å². The van der Waals surface area contributed by atoms with Crippen LogP contribution in [0.25, 0.3) is 10.6 Å². The van der Waals surface area contributed by atoms with Crippen molar-refractivity contribution in [2.75, 3.05) is 5.32 Å². The van der Waals surface area contributed by atoms with Crippen LogP contribution in [-0.4, -0.2) is 26.3 Å². The number of hydrogen-bond donors (Lipinski definition) is 3. The summed E-state index contributed by atoms with van der Waals surface area (Å²) in [4.78, 5) is 12.0. The van der Waals surface area contributed by atoms with Crippen molar-refractivity contribution >= 4 is 22.4 Å². The Labute approximate surface area is 136 Å². The van der Waals surface area contributed by atoms with Crippen LogP contribution in [0.1, 0.15) is 5.56 Å². The number of anilines is 1. The number of aromatic nitrogens is 2. The Bertz CT molecular complexity index is 834. The number of phenols is 2. The number of para-hydroxylation sites is 1. The van der Waals surface area contributed by atoms with E-state index in [0.717, 1.165) is 16.9 Å². The van der Waals surface area contributed by atoms with E-state index in [1.807, 2.05) is 30.3 Å². The summed E-state index contributed by atoms with van der Waals surface area (Å²) in [6.07, 6.45) is 0.243. The molecule has 2 aromatic carbocycles. The van der Waals surface area contributed by atoms with Crippen molar-refractivity contribution in [1.29, 1.82) is 0 Å². The monoisotopic (exact) mass is 327 g/mol. The van der Waals surface area contributed by atoms with Gasteiger partial charge in [-0.2, -0.15) is 0 Å². The Kier molecular flexibility index (Phi) is 4.20. The standard InChI is InChI=1S/C16H13N3O3S/c20-12-8-4-7-11(14(12)22)15-18-19-16(23-15)17-13(21)9-10-5-2-1-3-6-10/h1-8,20,22H,9H2,(H,17,19,21). The zero-order valence-electron chi connectivity index (χ0n) is 11.9. The normalized spacial score (nSPS) is 10.4. The number of carbonyl (C=O) groups is 1. The first-order chi connectivity index (χ1) is 11.1. The predicted octanol–water partition coefficient (Wildman–Crippen LogP) is 2.80. The van der Waals surface area contributed by atoms with Gasteiger partial charge in [-0.15, -0.1) is 10.2 Å². The molecule has 1 heterocycles. The zero-order chi connectivity index (χ0) is 16.2. The average molecular weight is 327 g/mol. The molecular weight excluding hydrogens is 314 g/mol. The maximum absolute atomic E-state index is 12.0. The maximum Gasteiger partial charge on any atom is 0.230 e. The smallest absolute Gasteiger partial charge is 0.230 e. The molecule has 1 aromatic heterocycles. The molecule has 0 aliphatic rings. The van der Waals surface area contributed by atoms with E-state index in [2.05, 4.69) is 15.5 Å². The molecule has 3 rings (SSSR count). The first-order valence-corrected chi connectivity index (χ1v) is 7.64. The fourth-order valence-corrected chi connectivity index (χ4v) is 2.82. The molecule has 3 aromatic rings. The van der Waals surface area contributed by atoms with Crippen molar-refractivity contribution in [2.45, 2.75) is 6.42 Å². The summed E-state index contributed by atoms with van der Waals surface area (Å²) in [7, 11) is 0. The van der Waals surface area contributed by atoms with E-state index in [1.165, 1.54) is 6.07 Å². The van der Waals surface area contributed by atoms with Crippen LogP contribution in [0.3, 0.4) is 0 Å². The summed E-state index contributed by atoms with van der Waals surface area (Å²) in [5.74, 6) is -0.683. The van der Waals surface area contributed by atoms with E-state index >= 15 is 0 Å². The molecule has 0 bridgehead atoms. The lowest BCUT2D eigenvalue weighted by Gasteiger charge is -2.02. The van der Waals surface area contributed by atoms with Gasteiger partial charge in [0.1, 0.15) is 0 Å². The highest BCUT2D eigenvalue weighted by Crippen LogP contribution is 2.38. The molecule has 0 saturated heterocycles. The molecule has 0 fully saturated rings. The van der Waals surface area contributed by atoms with Crippen LogP contribution >= 0.6 is 11.3 Å². The maximum atomic E-state index is 12.0. The molecule has 0 atom stereocenters. The molecule has 0 aliphatic heterocycles. The topological polar surface area (TPSA) is 95.3 Å². The zero-order valence-corrected chi connectivity index (χ0v) is 12.7. The van der Waals surface area contributed by atoms with Gasteiger partial charge in [-0.25, -0.2) is 0 Å². The Balaban J connectivity index is 1.72. The minimum absolute atomic E-state index is 0.195. The van der Waals surface area contributed by atoms with Crippen molar-refractivity contribution in [1.82, 2.24) is 10.2 Å². The van der Waals surface area contributed by atoms with E-state index in [1.54, 1.807) is 12.1 Å². The SMILES string of the molecule is O=C(Cc1ccccc1)Nc1nnc(-c2cccc(O)c2O)s1. The van der Waals surface area contributed by atoms with Crippen molar-refractivity contribution in [3.63, 3.8) is 0 Å². The van der Waals surface area contributed by atoms with Gasteiger partial charge in [0.2, 0.25) is 11.0 Å². The molecule has 1 amide bonds. The summed E-state index contributed by atoms with van der Waals surface area (Å²) < 4.78 is 0. The Morgan fingerprint density at radius 3 is 2.61 bits per heavy atom. The minimum atomic E-state index is -0.259. The molecule has 3 N–H and O–H groups in total. The number of aromatic hydroxyl groups is 2. The highest BCUT2D eigenvalue weighted by Gasteiger charge is 2.14. The third-order valence-electron chi connectivity index (χ3n) is 3.12. The first-order valence-electron chi connectivity index (χ1n) is 6.82. The van der Waals surface area contributed by atoms with Crippen LogP contribution < -0.4 is 5.32 Å². The molecule has 6 nitrogen and oxygen atoms in total. The third-order valence-corrected chi connectivity index (χ3v) is 4.00. The van der Waals surface area contributed by atoms with Crippen LogP contribution in [0.4, 0.5) is 5.13 Å². The summed E-state index contributed by atoms with van der Waals surface area (Å²) in [6.45, 7) is 0. The Hall–Kier alpha value is -2.93. The number of nitrogens with one attached hydrogen (secondary N) is 1. The fraction of sp³-hybridized carbons (Fsp3) is 0.0625. The van der Waals surface area contributed by atoms with Gasteiger partial charge in [0.05, 0.1) is 12.0 Å². The number of rotatable bonds is 4. The second-order valence-corrected chi connectivity index (χ2v) is 5.77. The third kappa shape index (κ3) is 3.46.